The van der Waals surface area contributed by atoms with Gasteiger partial charge in [-0.3, -0.25) is 9.21 Å². The molecule has 0 saturated carbocycles. The minimum atomic E-state index is -3.65. The minimum absolute atomic E-state index is 0.294. The summed E-state index contributed by atoms with van der Waals surface area (Å²) in [4.78, 5) is 17.1. The summed E-state index contributed by atoms with van der Waals surface area (Å²) in [7, 11) is 1.71. The predicted octanol–water partition coefficient (Wildman–Crippen LogP) is 5.59. The van der Waals surface area contributed by atoms with E-state index in [1.807, 2.05) is 6.07 Å². The third-order valence-corrected chi connectivity index (χ3v) is 11.7. The van der Waals surface area contributed by atoms with E-state index in [0.29, 0.717) is 65.2 Å². The number of anilines is 6. The molecule has 0 bridgehead atoms. The zero-order chi connectivity index (χ0) is 37.8. The summed E-state index contributed by atoms with van der Waals surface area (Å²) in [5, 5.41) is 6.75. The van der Waals surface area contributed by atoms with Crippen LogP contribution < -0.4 is 34.0 Å². The first-order valence-electron chi connectivity index (χ1n) is 18.4. The molecule has 1 aromatic heterocycles. The molecule has 54 heavy (non-hydrogen) atoms. The maximum Gasteiger partial charge on any atom is 0.232 e. The maximum absolute atomic E-state index is 12.8. The van der Waals surface area contributed by atoms with Crippen molar-refractivity contribution < 1.29 is 22.6 Å². The van der Waals surface area contributed by atoms with Crippen molar-refractivity contribution in [1.82, 2.24) is 19.8 Å². The van der Waals surface area contributed by atoms with Crippen LogP contribution in [0.1, 0.15) is 29.5 Å². The van der Waals surface area contributed by atoms with Gasteiger partial charge in [0.15, 0.2) is 11.5 Å². The molecule has 13 nitrogen and oxygen atoms in total. The van der Waals surface area contributed by atoms with Crippen molar-refractivity contribution in [2.24, 2.45) is 0 Å². The number of hydrogen-bond donors (Lipinski definition) is 2. The number of fused-ring (bicyclic) bond motifs is 1. The van der Waals surface area contributed by atoms with E-state index in [9.17, 15) is 8.42 Å². The Morgan fingerprint density at radius 2 is 1.72 bits per heavy atom. The van der Waals surface area contributed by atoms with Crippen LogP contribution in [0.4, 0.5) is 34.5 Å². The van der Waals surface area contributed by atoms with E-state index in [4.69, 9.17) is 19.2 Å². The number of methoxy groups -OCH3 is 1. The van der Waals surface area contributed by atoms with E-state index >= 15 is 0 Å². The van der Waals surface area contributed by atoms with Gasteiger partial charge < -0.3 is 34.6 Å². The highest BCUT2D eigenvalue weighted by Gasteiger charge is 2.29. The third-order valence-electron chi connectivity index (χ3n) is 10.5. The summed E-state index contributed by atoms with van der Waals surface area (Å²) < 4.78 is 44.4. The number of ether oxygens (including phenoxy) is 3. The van der Waals surface area contributed by atoms with E-state index in [0.717, 1.165) is 70.5 Å². The summed E-state index contributed by atoms with van der Waals surface area (Å²) in [6.45, 7) is 11.1. The molecule has 4 aromatic rings. The van der Waals surface area contributed by atoms with E-state index < -0.39 is 10.0 Å². The molecular weight excluding hydrogens is 705 g/mol. The lowest BCUT2D eigenvalue weighted by Crippen LogP contribution is -2.52. The monoisotopic (exact) mass is 754 g/mol. The van der Waals surface area contributed by atoms with Crippen LogP contribution in [0.3, 0.4) is 0 Å². The molecule has 286 valence electrons. The van der Waals surface area contributed by atoms with Crippen molar-refractivity contribution in [2.45, 2.75) is 25.3 Å². The first-order valence-corrected chi connectivity index (χ1v) is 20.3. The highest BCUT2D eigenvalue weighted by atomic mass is 32.2. The summed E-state index contributed by atoms with van der Waals surface area (Å²) >= 11 is 0. The first-order chi connectivity index (χ1) is 26.1. The van der Waals surface area contributed by atoms with Crippen molar-refractivity contribution in [3.8, 4) is 17.2 Å². The van der Waals surface area contributed by atoms with Gasteiger partial charge in [0, 0.05) is 75.9 Å². The van der Waals surface area contributed by atoms with Crippen molar-refractivity contribution in [1.29, 1.82) is 0 Å². The van der Waals surface area contributed by atoms with Gasteiger partial charge in [-0.15, -0.1) is 0 Å². The summed E-state index contributed by atoms with van der Waals surface area (Å²) in [5.74, 6) is 2.23. The average Bonchev–Trinajstić information content (AvgIpc) is 3.18. The van der Waals surface area contributed by atoms with Gasteiger partial charge in [0.1, 0.15) is 30.5 Å². The molecule has 2 N–H and O–H groups in total. The van der Waals surface area contributed by atoms with Crippen LogP contribution in [0.5, 0.6) is 17.2 Å². The molecule has 0 atom stereocenters. The van der Waals surface area contributed by atoms with Gasteiger partial charge in [-0.25, -0.2) is 13.4 Å². The average molecular weight is 755 g/mol. The van der Waals surface area contributed by atoms with Gasteiger partial charge >= 0.3 is 0 Å². The van der Waals surface area contributed by atoms with Gasteiger partial charge in [0.05, 0.1) is 24.7 Å². The SMILES string of the molecule is C=Cc1cnc(Nc2cc(Cc3ccccc3)c(N3CCC(N4CCN(C)CC4)CC3)cc2OC)nc1Nc1ccc2c(c1N(C)S(C)(=O)=O)OCCO2. The highest BCUT2D eigenvalue weighted by molar-refractivity contribution is 7.92. The fourth-order valence-corrected chi connectivity index (χ4v) is 7.93. The second kappa shape index (κ2) is 16.1. The number of likely N-dealkylation sites (N-methyl/N-ethyl adjacent to an activating group) is 1. The molecular formula is C40H50N8O5S. The van der Waals surface area contributed by atoms with Crippen LogP contribution in [0.2, 0.25) is 0 Å². The van der Waals surface area contributed by atoms with Crippen LogP contribution in [0.25, 0.3) is 6.08 Å². The van der Waals surface area contributed by atoms with Gasteiger partial charge in [0.25, 0.3) is 0 Å². The van der Waals surface area contributed by atoms with Crippen LogP contribution >= 0.6 is 0 Å². The fraction of sp³-hybridized carbons (Fsp3) is 0.400. The first kappa shape index (κ1) is 37.3. The number of sulfonamides is 1. The lowest BCUT2D eigenvalue weighted by Gasteiger charge is -2.43. The number of benzene rings is 3. The summed E-state index contributed by atoms with van der Waals surface area (Å²) in [5.41, 5.74) is 5.69. The number of piperidine rings is 1. The lowest BCUT2D eigenvalue weighted by atomic mass is 9.97. The minimum Gasteiger partial charge on any atom is -0.494 e. The molecule has 3 aliphatic heterocycles. The molecule has 3 aliphatic rings. The van der Waals surface area contributed by atoms with Crippen molar-refractivity contribution in [2.75, 3.05) is 99.8 Å². The van der Waals surface area contributed by atoms with Crippen LogP contribution in [-0.2, 0) is 16.4 Å². The quantitative estimate of drug-likeness (QED) is 0.188. The molecule has 0 amide bonds. The zero-order valence-corrected chi connectivity index (χ0v) is 32.4. The van der Waals surface area contributed by atoms with Crippen LogP contribution in [0.15, 0.2) is 67.4 Å². The van der Waals surface area contributed by atoms with Gasteiger partial charge in [-0.2, -0.15) is 4.98 Å². The lowest BCUT2D eigenvalue weighted by molar-refractivity contribution is 0.0982. The standard InChI is InChI=1S/C40H50N8O5S/c1-6-29-27-41-40(44-39(29)42-32-12-13-35-38(53-23-22-52-35)37(32)46(3)54(5,49)50)43-33-25-30(24-28-10-8-7-9-11-28)34(26-36(33)51-4)48-16-14-31(15-17-48)47-20-18-45(2)19-21-47/h6-13,25-27,31H,1,14-24H2,2-5H3,(H2,41,42,43,44). The topological polar surface area (TPSA) is 125 Å². The Kier molecular flexibility index (Phi) is 11.1. The molecule has 2 saturated heterocycles. The second-order valence-corrected chi connectivity index (χ2v) is 16.1. The van der Waals surface area contributed by atoms with Crippen LogP contribution in [-0.4, -0.2) is 114 Å². The molecule has 4 heterocycles. The zero-order valence-electron chi connectivity index (χ0n) is 31.5. The number of hydrogen-bond acceptors (Lipinski definition) is 12. The van der Waals surface area contributed by atoms with E-state index in [2.05, 4.69) is 80.3 Å². The van der Waals surface area contributed by atoms with Crippen molar-refractivity contribution in [3.05, 3.63) is 84.1 Å². The highest BCUT2D eigenvalue weighted by Crippen LogP contribution is 2.46. The van der Waals surface area contributed by atoms with Crippen LogP contribution in [0, 0.1) is 0 Å². The molecule has 3 aromatic carbocycles. The molecule has 2 fully saturated rings. The number of nitrogens with one attached hydrogen (secondary N) is 2. The smallest absolute Gasteiger partial charge is 0.232 e. The van der Waals surface area contributed by atoms with E-state index in [1.54, 1.807) is 31.5 Å². The normalized spacial score (nSPS) is 16.9. The Bertz CT molecular complexity index is 2070. The Morgan fingerprint density at radius 1 is 0.981 bits per heavy atom. The number of nitrogens with zero attached hydrogens (tertiary/aromatic N) is 6. The van der Waals surface area contributed by atoms with Gasteiger partial charge in [-0.1, -0.05) is 43.0 Å². The largest absolute Gasteiger partial charge is 0.494 e. The Morgan fingerprint density at radius 3 is 2.43 bits per heavy atom. The van der Waals surface area contributed by atoms with Crippen molar-refractivity contribution in [3.63, 3.8) is 0 Å². The number of piperazine rings is 1. The molecule has 14 heteroatoms. The Labute approximate surface area is 318 Å². The maximum atomic E-state index is 12.8. The Balaban J connectivity index is 1.19. The van der Waals surface area contributed by atoms with Crippen molar-refractivity contribution >= 4 is 50.6 Å². The second-order valence-electron chi connectivity index (χ2n) is 14.1. The number of aromatic nitrogens is 2. The summed E-state index contributed by atoms with van der Waals surface area (Å²) in [6.07, 6.45) is 7.45. The predicted molar refractivity (Wildman–Crippen MR) is 216 cm³/mol. The van der Waals surface area contributed by atoms with E-state index in [-0.39, 0.29) is 0 Å². The summed E-state index contributed by atoms with van der Waals surface area (Å²) in [6, 6.07) is 18.9. The third kappa shape index (κ3) is 8.20. The Hall–Kier alpha value is -5.05. The van der Waals surface area contributed by atoms with E-state index in [1.165, 1.54) is 28.2 Å². The molecule has 0 unspecified atom stereocenters. The molecule has 7 rings (SSSR count). The molecule has 0 spiro atoms. The van der Waals surface area contributed by atoms with Gasteiger partial charge in [0.2, 0.25) is 16.0 Å². The fourth-order valence-electron chi connectivity index (χ4n) is 7.42. The molecule has 0 aliphatic carbocycles. The van der Waals surface area contributed by atoms with Gasteiger partial charge in [-0.05, 0) is 55.6 Å². The molecule has 0 radical (unpaired) electrons. The number of rotatable bonds is 12.